The Kier molecular flexibility index (Phi) is 5.86. The molecule has 0 radical (unpaired) electrons. The number of nitrogens with one attached hydrogen (secondary N) is 1. The fourth-order valence-corrected chi connectivity index (χ4v) is 2.06. The van der Waals surface area contributed by atoms with E-state index in [4.69, 9.17) is 4.74 Å². The van der Waals surface area contributed by atoms with Crippen molar-refractivity contribution in [3.8, 4) is 0 Å². The van der Waals surface area contributed by atoms with E-state index in [1.165, 1.54) is 7.11 Å². The molecule has 0 bridgehead atoms. The van der Waals surface area contributed by atoms with Crippen LogP contribution in [0.5, 0.6) is 0 Å². The van der Waals surface area contributed by atoms with Crippen LogP contribution < -0.4 is 5.32 Å². The van der Waals surface area contributed by atoms with Crippen LogP contribution >= 0.6 is 0 Å². The second-order valence-corrected chi connectivity index (χ2v) is 5.06. The second kappa shape index (κ2) is 7.17. The highest BCUT2D eigenvalue weighted by atomic mass is 16.5. The number of benzene rings is 1. The fourth-order valence-electron chi connectivity index (χ4n) is 2.06. The van der Waals surface area contributed by atoms with E-state index in [9.17, 15) is 4.79 Å². The van der Waals surface area contributed by atoms with E-state index < -0.39 is 0 Å². The molecule has 1 rings (SSSR count). The van der Waals surface area contributed by atoms with Crippen LogP contribution in [0.1, 0.15) is 43.1 Å². The molecule has 18 heavy (non-hydrogen) atoms. The Bertz CT molecular complexity index is 388. The molecule has 0 aliphatic carbocycles. The first-order valence-electron chi connectivity index (χ1n) is 6.44. The highest BCUT2D eigenvalue weighted by Crippen LogP contribution is 2.11. The topological polar surface area (TPSA) is 38.3 Å². The second-order valence-electron chi connectivity index (χ2n) is 5.06. The van der Waals surface area contributed by atoms with Crippen molar-refractivity contribution < 1.29 is 9.53 Å². The van der Waals surface area contributed by atoms with Crippen LogP contribution in [0.3, 0.4) is 0 Å². The highest BCUT2D eigenvalue weighted by molar-refractivity contribution is 5.90. The van der Waals surface area contributed by atoms with E-state index in [0.717, 1.165) is 12.0 Å². The van der Waals surface area contributed by atoms with Gasteiger partial charge in [-0.15, -0.1) is 0 Å². The Morgan fingerprint density at radius 1 is 1.28 bits per heavy atom. The SMILES string of the molecule is COC(=O)c1ccccc1CNC(C)CC(C)C. The number of carbonyl (C=O) groups is 1. The Labute approximate surface area is 110 Å². The number of esters is 1. The number of carbonyl (C=O) groups excluding carboxylic acids is 1. The third kappa shape index (κ3) is 4.49. The summed E-state index contributed by atoms with van der Waals surface area (Å²) in [4.78, 5) is 11.6. The summed E-state index contributed by atoms with van der Waals surface area (Å²) in [5, 5.41) is 3.44. The minimum Gasteiger partial charge on any atom is -0.465 e. The van der Waals surface area contributed by atoms with Gasteiger partial charge in [0.25, 0.3) is 0 Å². The standard InChI is InChI=1S/C15H23NO2/c1-11(2)9-12(3)16-10-13-7-5-6-8-14(13)15(17)18-4/h5-8,11-12,16H,9-10H2,1-4H3. The molecule has 1 aromatic rings. The lowest BCUT2D eigenvalue weighted by Gasteiger charge is -2.17. The maximum Gasteiger partial charge on any atom is 0.338 e. The van der Waals surface area contributed by atoms with E-state index in [1.54, 1.807) is 6.07 Å². The molecule has 1 atom stereocenters. The third-order valence-electron chi connectivity index (χ3n) is 2.89. The van der Waals surface area contributed by atoms with Crippen molar-refractivity contribution in [1.29, 1.82) is 0 Å². The van der Waals surface area contributed by atoms with Crippen molar-refractivity contribution in [3.05, 3.63) is 35.4 Å². The van der Waals surface area contributed by atoms with Gasteiger partial charge in [-0.3, -0.25) is 0 Å². The maximum atomic E-state index is 11.6. The van der Waals surface area contributed by atoms with Crippen molar-refractivity contribution in [2.24, 2.45) is 5.92 Å². The lowest BCUT2D eigenvalue weighted by Crippen LogP contribution is -2.27. The summed E-state index contributed by atoms with van der Waals surface area (Å²) in [5.74, 6) is 0.396. The molecule has 0 heterocycles. The van der Waals surface area contributed by atoms with Crippen LogP contribution in [0.15, 0.2) is 24.3 Å². The molecule has 0 saturated carbocycles. The first-order valence-corrected chi connectivity index (χ1v) is 6.44. The number of hydrogen-bond acceptors (Lipinski definition) is 3. The predicted octanol–water partition coefficient (Wildman–Crippen LogP) is 3.00. The van der Waals surface area contributed by atoms with Crippen molar-refractivity contribution >= 4 is 5.97 Å². The molecular formula is C15H23NO2. The molecule has 1 unspecified atom stereocenters. The van der Waals surface area contributed by atoms with E-state index >= 15 is 0 Å². The molecule has 0 saturated heterocycles. The summed E-state index contributed by atoms with van der Waals surface area (Å²) in [7, 11) is 1.41. The van der Waals surface area contributed by atoms with Crippen molar-refractivity contribution in [2.75, 3.05) is 7.11 Å². The van der Waals surface area contributed by atoms with Gasteiger partial charge in [0, 0.05) is 12.6 Å². The zero-order chi connectivity index (χ0) is 13.5. The van der Waals surface area contributed by atoms with E-state index in [-0.39, 0.29) is 5.97 Å². The van der Waals surface area contributed by atoms with Crippen molar-refractivity contribution in [1.82, 2.24) is 5.32 Å². The molecule has 3 nitrogen and oxygen atoms in total. The summed E-state index contributed by atoms with van der Waals surface area (Å²) in [6, 6.07) is 8.00. The van der Waals surface area contributed by atoms with Crippen LogP contribution in [0.4, 0.5) is 0 Å². The quantitative estimate of drug-likeness (QED) is 0.788. The predicted molar refractivity (Wildman–Crippen MR) is 73.5 cm³/mol. The lowest BCUT2D eigenvalue weighted by molar-refractivity contribution is 0.0599. The minimum absolute atomic E-state index is 0.274. The van der Waals surface area contributed by atoms with Crippen LogP contribution in [-0.2, 0) is 11.3 Å². The molecule has 0 aromatic heterocycles. The molecule has 1 aromatic carbocycles. The van der Waals surface area contributed by atoms with Gasteiger partial charge in [0.05, 0.1) is 12.7 Å². The molecule has 3 heteroatoms. The summed E-state index contributed by atoms with van der Waals surface area (Å²) in [6.07, 6.45) is 1.13. The molecule has 0 amide bonds. The van der Waals surface area contributed by atoms with Gasteiger partial charge in [-0.2, -0.15) is 0 Å². The third-order valence-corrected chi connectivity index (χ3v) is 2.89. The number of rotatable bonds is 6. The molecular weight excluding hydrogens is 226 g/mol. The Morgan fingerprint density at radius 2 is 1.94 bits per heavy atom. The van der Waals surface area contributed by atoms with E-state index in [2.05, 4.69) is 26.1 Å². The molecule has 0 aliphatic rings. The van der Waals surface area contributed by atoms with Crippen molar-refractivity contribution in [3.63, 3.8) is 0 Å². The molecule has 0 fully saturated rings. The molecule has 100 valence electrons. The van der Waals surface area contributed by atoms with Gasteiger partial charge in [0.1, 0.15) is 0 Å². The molecule has 0 aliphatic heterocycles. The molecule has 1 N–H and O–H groups in total. The van der Waals surface area contributed by atoms with Crippen LogP contribution in [0, 0.1) is 5.92 Å². The van der Waals surface area contributed by atoms with Crippen LogP contribution in [-0.4, -0.2) is 19.1 Å². The van der Waals surface area contributed by atoms with Gasteiger partial charge in [0.2, 0.25) is 0 Å². The maximum absolute atomic E-state index is 11.6. The number of ether oxygens (including phenoxy) is 1. The summed E-state index contributed by atoms with van der Waals surface area (Å²) >= 11 is 0. The van der Waals surface area contributed by atoms with Crippen molar-refractivity contribution in [2.45, 2.75) is 39.8 Å². The van der Waals surface area contributed by atoms with Gasteiger partial charge in [0.15, 0.2) is 0 Å². The lowest BCUT2D eigenvalue weighted by atomic mass is 10.0. The average molecular weight is 249 g/mol. The monoisotopic (exact) mass is 249 g/mol. The first kappa shape index (κ1) is 14.7. The van der Waals surface area contributed by atoms with E-state index in [0.29, 0.717) is 24.1 Å². The fraction of sp³-hybridized carbons (Fsp3) is 0.533. The van der Waals surface area contributed by atoms with E-state index in [1.807, 2.05) is 18.2 Å². The average Bonchev–Trinajstić information content (AvgIpc) is 2.35. The zero-order valence-corrected chi connectivity index (χ0v) is 11.7. The first-order chi connectivity index (χ1) is 8.54. The molecule has 0 spiro atoms. The minimum atomic E-state index is -0.274. The Morgan fingerprint density at radius 3 is 2.56 bits per heavy atom. The smallest absolute Gasteiger partial charge is 0.338 e. The van der Waals surface area contributed by atoms with Gasteiger partial charge in [-0.1, -0.05) is 32.0 Å². The number of hydrogen-bond donors (Lipinski definition) is 1. The van der Waals surface area contributed by atoms with Gasteiger partial charge < -0.3 is 10.1 Å². The summed E-state index contributed by atoms with van der Waals surface area (Å²) < 4.78 is 4.78. The number of methoxy groups -OCH3 is 1. The normalized spacial score (nSPS) is 12.5. The van der Waals surface area contributed by atoms with Gasteiger partial charge in [-0.25, -0.2) is 4.79 Å². The highest BCUT2D eigenvalue weighted by Gasteiger charge is 2.11. The van der Waals surface area contributed by atoms with Crippen LogP contribution in [0.2, 0.25) is 0 Å². The zero-order valence-electron chi connectivity index (χ0n) is 11.7. The van der Waals surface area contributed by atoms with Crippen LogP contribution in [0.25, 0.3) is 0 Å². The van der Waals surface area contributed by atoms with Gasteiger partial charge in [-0.05, 0) is 30.9 Å². The summed E-state index contributed by atoms with van der Waals surface area (Å²) in [6.45, 7) is 7.28. The summed E-state index contributed by atoms with van der Waals surface area (Å²) in [5.41, 5.74) is 1.63. The Hall–Kier alpha value is -1.35. The largest absolute Gasteiger partial charge is 0.465 e. The van der Waals surface area contributed by atoms with Gasteiger partial charge >= 0.3 is 5.97 Å². The Balaban J connectivity index is 2.64.